The fourth-order valence-electron chi connectivity index (χ4n) is 2.68. The largest absolute Gasteiger partial charge is 0.338 e. The van der Waals surface area contributed by atoms with Crippen LogP contribution in [0.5, 0.6) is 0 Å². The molecule has 1 aliphatic rings. The Bertz CT molecular complexity index is 579. The van der Waals surface area contributed by atoms with Gasteiger partial charge in [0.2, 0.25) is 5.91 Å². The van der Waals surface area contributed by atoms with Gasteiger partial charge in [0.15, 0.2) is 0 Å². The first kappa shape index (κ1) is 15.6. The molecule has 1 saturated carbocycles. The summed E-state index contributed by atoms with van der Waals surface area (Å²) >= 11 is 0. The number of carbonyl (C=O) groups is 1. The van der Waals surface area contributed by atoms with E-state index in [2.05, 4.69) is 43.4 Å². The standard InChI is InChI=1S/C18H24N2O/c1-12-5-6-15(9-13(12)2)16(14-7-8-14)10-17(21)20-18(3,4)11-19/h5-6,9,14,16H,7-8,10H2,1-4H3,(H,20,21). The molecule has 21 heavy (non-hydrogen) atoms. The molecule has 1 aromatic rings. The molecular formula is C18H24N2O. The van der Waals surface area contributed by atoms with E-state index < -0.39 is 5.54 Å². The number of carbonyl (C=O) groups excluding carboxylic acids is 1. The van der Waals surface area contributed by atoms with Gasteiger partial charge in [-0.15, -0.1) is 0 Å². The average molecular weight is 284 g/mol. The third-order valence-corrected chi connectivity index (χ3v) is 4.29. The second kappa shape index (κ2) is 5.89. The van der Waals surface area contributed by atoms with Crippen molar-refractivity contribution in [1.82, 2.24) is 5.32 Å². The summed E-state index contributed by atoms with van der Waals surface area (Å²) < 4.78 is 0. The van der Waals surface area contributed by atoms with Crippen molar-refractivity contribution in [1.29, 1.82) is 5.26 Å². The van der Waals surface area contributed by atoms with Gasteiger partial charge in [-0.05, 0) is 69.1 Å². The first-order valence-corrected chi connectivity index (χ1v) is 7.62. The monoisotopic (exact) mass is 284 g/mol. The average Bonchev–Trinajstić information content (AvgIpc) is 3.23. The third kappa shape index (κ3) is 4.07. The second-order valence-electron chi connectivity index (χ2n) is 6.78. The summed E-state index contributed by atoms with van der Waals surface area (Å²) in [7, 11) is 0. The summed E-state index contributed by atoms with van der Waals surface area (Å²) in [4.78, 5) is 12.2. The number of nitrogens with zero attached hydrogens (tertiary/aromatic N) is 1. The molecule has 1 N–H and O–H groups in total. The Kier molecular flexibility index (Phi) is 4.37. The summed E-state index contributed by atoms with van der Waals surface area (Å²) in [5.74, 6) is 0.860. The first-order valence-electron chi connectivity index (χ1n) is 7.62. The van der Waals surface area contributed by atoms with Gasteiger partial charge in [0.1, 0.15) is 5.54 Å². The van der Waals surface area contributed by atoms with Crippen molar-refractivity contribution in [3.05, 3.63) is 34.9 Å². The van der Waals surface area contributed by atoms with Gasteiger partial charge in [-0.2, -0.15) is 5.26 Å². The summed E-state index contributed by atoms with van der Waals surface area (Å²) in [6, 6.07) is 8.61. The maximum atomic E-state index is 12.2. The number of hydrogen-bond donors (Lipinski definition) is 1. The van der Waals surface area contributed by atoms with Gasteiger partial charge in [-0.1, -0.05) is 18.2 Å². The topological polar surface area (TPSA) is 52.9 Å². The zero-order valence-electron chi connectivity index (χ0n) is 13.4. The van der Waals surface area contributed by atoms with E-state index in [0.29, 0.717) is 12.3 Å². The van der Waals surface area contributed by atoms with Crippen LogP contribution in [0.25, 0.3) is 0 Å². The van der Waals surface area contributed by atoms with Crippen molar-refractivity contribution < 1.29 is 4.79 Å². The number of nitrogens with one attached hydrogen (secondary N) is 1. The summed E-state index contributed by atoms with van der Waals surface area (Å²) in [5, 5.41) is 11.8. The number of rotatable bonds is 5. The van der Waals surface area contributed by atoms with Crippen molar-refractivity contribution in [3.8, 4) is 6.07 Å². The van der Waals surface area contributed by atoms with Crippen LogP contribution in [0.2, 0.25) is 0 Å². The molecule has 2 rings (SSSR count). The van der Waals surface area contributed by atoms with Crippen LogP contribution in [-0.4, -0.2) is 11.4 Å². The minimum Gasteiger partial charge on any atom is -0.338 e. The van der Waals surface area contributed by atoms with Crippen LogP contribution in [0.15, 0.2) is 18.2 Å². The molecular weight excluding hydrogens is 260 g/mol. The molecule has 1 amide bonds. The second-order valence-corrected chi connectivity index (χ2v) is 6.78. The fourth-order valence-corrected chi connectivity index (χ4v) is 2.68. The quantitative estimate of drug-likeness (QED) is 0.898. The highest BCUT2D eigenvalue weighted by Crippen LogP contribution is 2.44. The van der Waals surface area contributed by atoms with E-state index in [1.54, 1.807) is 13.8 Å². The lowest BCUT2D eigenvalue weighted by molar-refractivity contribution is -0.122. The molecule has 0 aromatic heterocycles. The molecule has 0 saturated heterocycles. The van der Waals surface area contributed by atoms with E-state index in [1.165, 1.54) is 29.5 Å². The molecule has 1 aliphatic carbocycles. The molecule has 1 fully saturated rings. The van der Waals surface area contributed by atoms with E-state index in [-0.39, 0.29) is 11.8 Å². The molecule has 0 radical (unpaired) electrons. The third-order valence-electron chi connectivity index (χ3n) is 4.29. The zero-order chi connectivity index (χ0) is 15.6. The minimum absolute atomic E-state index is 0.0309. The van der Waals surface area contributed by atoms with Gasteiger partial charge in [0.05, 0.1) is 6.07 Å². The van der Waals surface area contributed by atoms with Crippen LogP contribution in [0.3, 0.4) is 0 Å². The smallest absolute Gasteiger partial charge is 0.221 e. The van der Waals surface area contributed by atoms with Crippen molar-refractivity contribution in [2.75, 3.05) is 0 Å². The fraction of sp³-hybridized carbons (Fsp3) is 0.556. The van der Waals surface area contributed by atoms with E-state index in [9.17, 15) is 4.79 Å². The Labute approximate surface area is 127 Å². The summed E-state index contributed by atoms with van der Waals surface area (Å²) in [6.45, 7) is 7.68. The van der Waals surface area contributed by atoms with E-state index in [4.69, 9.17) is 5.26 Å². The lowest BCUT2D eigenvalue weighted by Gasteiger charge is -2.22. The van der Waals surface area contributed by atoms with Crippen molar-refractivity contribution in [3.63, 3.8) is 0 Å². The van der Waals surface area contributed by atoms with E-state index in [0.717, 1.165) is 0 Å². The number of benzene rings is 1. The molecule has 1 aromatic carbocycles. The predicted octanol–water partition coefficient (Wildman–Crippen LogP) is 3.61. The highest BCUT2D eigenvalue weighted by atomic mass is 16.1. The van der Waals surface area contributed by atoms with Crippen LogP contribution in [0, 0.1) is 31.1 Å². The number of nitriles is 1. The van der Waals surface area contributed by atoms with Crippen LogP contribution >= 0.6 is 0 Å². The Morgan fingerprint density at radius 1 is 1.38 bits per heavy atom. The molecule has 0 spiro atoms. The molecule has 3 heteroatoms. The number of hydrogen-bond acceptors (Lipinski definition) is 2. The lowest BCUT2D eigenvalue weighted by atomic mass is 9.88. The Morgan fingerprint density at radius 3 is 2.57 bits per heavy atom. The first-order chi connectivity index (χ1) is 9.82. The van der Waals surface area contributed by atoms with Gasteiger partial charge < -0.3 is 5.32 Å². The Balaban J connectivity index is 2.11. The Hall–Kier alpha value is -1.82. The molecule has 1 atom stereocenters. The maximum absolute atomic E-state index is 12.2. The normalized spacial score (nSPS) is 16.1. The highest BCUT2D eigenvalue weighted by molar-refractivity contribution is 5.78. The van der Waals surface area contributed by atoms with Crippen molar-refractivity contribution in [2.45, 2.75) is 58.4 Å². The van der Waals surface area contributed by atoms with Crippen LogP contribution in [-0.2, 0) is 4.79 Å². The summed E-state index contributed by atoms with van der Waals surface area (Å²) in [6.07, 6.45) is 2.87. The maximum Gasteiger partial charge on any atom is 0.221 e. The van der Waals surface area contributed by atoms with Gasteiger partial charge in [0, 0.05) is 6.42 Å². The Morgan fingerprint density at radius 2 is 2.05 bits per heavy atom. The van der Waals surface area contributed by atoms with Gasteiger partial charge >= 0.3 is 0 Å². The molecule has 1 unspecified atom stereocenters. The van der Waals surface area contributed by atoms with Crippen LogP contribution in [0.1, 0.15) is 55.7 Å². The molecule has 0 aliphatic heterocycles. The van der Waals surface area contributed by atoms with Crippen LogP contribution in [0.4, 0.5) is 0 Å². The summed E-state index contributed by atoms with van der Waals surface area (Å²) in [5.41, 5.74) is 3.01. The van der Waals surface area contributed by atoms with Gasteiger partial charge in [-0.3, -0.25) is 4.79 Å². The predicted molar refractivity (Wildman–Crippen MR) is 83.8 cm³/mol. The van der Waals surface area contributed by atoms with E-state index >= 15 is 0 Å². The van der Waals surface area contributed by atoms with Crippen molar-refractivity contribution in [2.24, 2.45) is 5.92 Å². The number of amides is 1. The van der Waals surface area contributed by atoms with Crippen molar-refractivity contribution >= 4 is 5.91 Å². The van der Waals surface area contributed by atoms with Gasteiger partial charge in [-0.25, -0.2) is 0 Å². The lowest BCUT2D eigenvalue weighted by Crippen LogP contribution is -2.42. The highest BCUT2D eigenvalue weighted by Gasteiger charge is 2.34. The zero-order valence-corrected chi connectivity index (χ0v) is 13.4. The number of aryl methyl sites for hydroxylation is 2. The minimum atomic E-state index is -0.797. The van der Waals surface area contributed by atoms with Crippen LogP contribution < -0.4 is 5.32 Å². The molecule has 0 bridgehead atoms. The molecule has 3 nitrogen and oxygen atoms in total. The SMILES string of the molecule is Cc1ccc(C(CC(=O)NC(C)(C)C#N)C2CC2)cc1C. The van der Waals surface area contributed by atoms with E-state index in [1.807, 2.05) is 0 Å². The molecule has 0 heterocycles. The molecule has 112 valence electrons. The van der Waals surface area contributed by atoms with Gasteiger partial charge in [0.25, 0.3) is 0 Å².